The van der Waals surface area contributed by atoms with Gasteiger partial charge in [0.25, 0.3) is 0 Å². The minimum absolute atomic E-state index is 0.206. The lowest BCUT2D eigenvalue weighted by Gasteiger charge is -2.29. The Morgan fingerprint density at radius 3 is 2.32 bits per heavy atom. The molecule has 6 heteroatoms. The summed E-state index contributed by atoms with van der Waals surface area (Å²) < 4.78 is 26.6. The van der Waals surface area contributed by atoms with Crippen LogP contribution in [0.5, 0.6) is 0 Å². The van der Waals surface area contributed by atoms with Gasteiger partial charge in [0.1, 0.15) is 0 Å². The first-order valence-corrected chi connectivity index (χ1v) is 9.27. The summed E-state index contributed by atoms with van der Waals surface area (Å²) in [6.45, 7) is 2.84. The normalized spacial score (nSPS) is 17.5. The number of nitrogens with two attached hydrogens (primary N) is 1. The monoisotopic (exact) mass is 324 g/mol. The largest absolute Gasteiger partial charge is 0.369 e. The van der Waals surface area contributed by atoms with E-state index in [0.717, 1.165) is 24.8 Å². The van der Waals surface area contributed by atoms with Crippen molar-refractivity contribution in [2.45, 2.75) is 43.9 Å². The second-order valence-electron chi connectivity index (χ2n) is 5.83. The third kappa shape index (κ3) is 3.87. The topological polar surface area (TPSA) is 80.5 Å². The van der Waals surface area contributed by atoms with Crippen LogP contribution in [0.1, 0.15) is 38.2 Å². The summed E-state index contributed by atoms with van der Waals surface area (Å²) in [7, 11) is -3.47. The van der Waals surface area contributed by atoms with Crippen molar-refractivity contribution in [2.24, 2.45) is 11.7 Å². The molecule has 2 N–H and O–H groups in total. The molecular formula is C16H24N2O3S. The molecule has 0 spiro atoms. The fourth-order valence-corrected chi connectivity index (χ4v) is 4.21. The predicted octanol–water partition coefficient (Wildman–Crippen LogP) is 1.92. The lowest BCUT2D eigenvalue weighted by molar-refractivity contribution is -0.122. The van der Waals surface area contributed by atoms with E-state index in [1.807, 2.05) is 12.1 Å². The highest BCUT2D eigenvalue weighted by Gasteiger charge is 2.31. The molecule has 1 fully saturated rings. The van der Waals surface area contributed by atoms with Crippen LogP contribution in [0.15, 0.2) is 29.2 Å². The molecule has 1 aliphatic heterocycles. The zero-order chi connectivity index (χ0) is 16.2. The summed E-state index contributed by atoms with van der Waals surface area (Å²) in [5.41, 5.74) is 6.44. The second-order valence-corrected chi connectivity index (χ2v) is 7.77. The Bertz CT molecular complexity index is 603. The highest BCUT2D eigenvalue weighted by Crippen LogP contribution is 2.24. The quantitative estimate of drug-likeness (QED) is 0.868. The van der Waals surface area contributed by atoms with Crippen LogP contribution in [0.4, 0.5) is 0 Å². The number of primary amides is 1. The zero-order valence-corrected chi connectivity index (χ0v) is 13.8. The van der Waals surface area contributed by atoms with Crippen LogP contribution >= 0.6 is 0 Å². The summed E-state index contributed by atoms with van der Waals surface area (Å²) >= 11 is 0. The Morgan fingerprint density at radius 1 is 1.23 bits per heavy atom. The zero-order valence-electron chi connectivity index (χ0n) is 13.0. The first kappa shape index (κ1) is 17.0. The smallest absolute Gasteiger partial charge is 0.243 e. The number of aryl methyl sites for hydroxylation is 1. The number of carbonyl (C=O) groups is 1. The van der Waals surface area contributed by atoms with Crippen molar-refractivity contribution in [3.63, 3.8) is 0 Å². The molecule has 0 bridgehead atoms. The van der Waals surface area contributed by atoms with Gasteiger partial charge in [-0.05, 0) is 43.4 Å². The maximum Gasteiger partial charge on any atom is 0.243 e. The average Bonchev–Trinajstić information content (AvgIpc) is 2.53. The van der Waals surface area contributed by atoms with Gasteiger partial charge in [-0.2, -0.15) is 4.31 Å². The molecule has 0 radical (unpaired) electrons. The van der Waals surface area contributed by atoms with Crippen molar-refractivity contribution in [1.29, 1.82) is 0 Å². The number of amides is 1. The van der Waals surface area contributed by atoms with Gasteiger partial charge in [0, 0.05) is 19.0 Å². The van der Waals surface area contributed by atoms with Crippen molar-refractivity contribution in [3.8, 4) is 0 Å². The van der Waals surface area contributed by atoms with Gasteiger partial charge in [0.2, 0.25) is 15.9 Å². The van der Waals surface area contributed by atoms with E-state index in [9.17, 15) is 13.2 Å². The molecule has 5 nitrogen and oxygen atoms in total. The van der Waals surface area contributed by atoms with Crippen molar-refractivity contribution >= 4 is 15.9 Å². The van der Waals surface area contributed by atoms with Crippen molar-refractivity contribution in [1.82, 2.24) is 4.31 Å². The van der Waals surface area contributed by atoms with Gasteiger partial charge < -0.3 is 5.73 Å². The molecule has 0 aromatic heterocycles. The summed E-state index contributed by atoms with van der Waals surface area (Å²) in [6, 6.07) is 7.14. The molecule has 122 valence electrons. The molecule has 0 saturated carbocycles. The first-order chi connectivity index (χ1) is 10.4. The standard InChI is InChI=1S/C16H24N2O3S/c1-2-3-4-13-5-7-15(8-6-13)22(20,21)18-11-9-14(10-12-18)16(17)19/h5-8,14H,2-4,9-12H2,1H3,(H2,17,19). The number of rotatable bonds is 6. The van der Waals surface area contributed by atoms with E-state index in [-0.39, 0.29) is 11.8 Å². The number of hydrogen-bond acceptors (Lipinski definition) is 3. The van der Waals surface area contributed by atoms with Crippen LogP contribution in [0.3, 0.4) is 0 Å². The Balaban J connectivity index is 2.06. The lowest BCUT2D eigenvalue weighted by atomic mass is 9.98. The van der Waals surface area contributed by atoms with Crippen molar-refractivity contribution in [3.05, 3.63) is 29.8 Å². The van der Waals surface area contributed by atoms with Gasteiger partial charge in [0.05, 0.1) is 4.90 Å². The Labute approximate surface area is 132 Å². The molecule has 2 rings (SSSR count). The Kier molecular flexibility index (Phi) is 5.58. The van der Waals surface area contributed by atoms with Gasteiger partial charge in [-0.3, -0.25) is 4.79 Å². The van der Waals surface area contributed by atoms with Gasteiger partial charge in [0.15, 0.2) is 0 Å². The fraction of sp³-hybridized carbons (Fsp3) is 0.562. The summed E-state index contributed by atoms with van der Waals surface area (Å²) in [5.74, 6) is -0.541. The van der Waals surface area contributed by atoms with E-state index in [0.29, 0.717) is 30.8 Å². The number of carbonyl (C=O) groups excluding carboxylic acids is 1. The minimum atomic E-state index is -3.47. The molecule has 0 unspecified atom stereocenters. The summed E-state index contributed by atoms with van der Waals surface area (Å²) in [5, 5.41) is 0. The third-order valence-electron chi connectivity index (χ3n) is 4.24. The van der Waals surface area contributed by atoms with Crippen LogP contribution in [0.2, 0.25) is 0 Å². The third-order valence-corrected chi connectivity index (χ3v) is 6.15. The average molecular weight is 324 g/mol. The molecule has 1 aromatic rings. The molecule has 1 aromatic carbocycles. The lowest BCUT2D eigenvalue weighted by Crippen LogP contribution is -2.41. The van der Waals surface area contributed by atoms with Gasteiger partial charge in [-0.15, -0.1) is 0 Å². The molecule has 1 amide bonds. The van der Waals surface area contributed by atoms with Crippen LogP contribution in [0, 0.1) is 5.92 Å². The fourth-order valence-electron chi connectivity index (χ4n) is 2.74. The Morgan fingerprint density at radius 2 is 1.82 bits per heavy atom. The number of sulfonamides is 1. The SMILES string of the molecule is CCCCc1ccc(S(=O)(=O)N2CCC(C(N)=O)CC2)cc1. The van der Waals surface area contributed by atoms with Crippen LogP contribution < -0.4 is 5.73 Å². The van der Waals surface area contributed by atoms with E-state index in [4.69, 9.17) is 5.73 Å². The molecule has 22 heavy (non-hydrogen) atoms. The van der Waals surface area contributed by atoms with Crippen molar-refractivity contribution in [2.75, 3.05) is 13.1 Å². The number of nitrogens with zero attached hydrogens (tertiary/aromatic N) is 1. The van der Waals surface area contributed by atoms with Crippen LogP contribution in [0.25, 0.3) is 0 Å². The van der Waals surface area contributed by atoms with E-state index < -0.39 is 10.0 Å². The maximum atomic E-state index is 12.6. The van der Waals surface area contributed by atoms with Crippen LogP contribution in [-0.2, 0) is 21.2 Å². The number of unbranched alkanes of at least 4 members (excludes halogenated alkanes) is 1. The van der Waals surface area contributed by atoms with E-state index >= 15 is 0 Å². The molecule has 1 saturated heterocycles. The number of piperidine rings is 1. The van der Waals surface area contributed by atoms with E-state index in [2.05, 4.69) is 6.92 Å². The second kappa shape index (κ2) is 7.24. The molecule has 1 heterocycles. The number of hydrogen-bond donors (Lipinski definition) is 1. The van der Waals surface area contributed by atoms with Gasteiger partial charge >= 0.3 is 0 Å². The van der Waals surface area contributed by atoms with Gasteiger partial charge in [-0.25, -0.2) is 8.42 Å². The minimum Gasteiger partial charge on any atom is -0.369 e. The van der Waals surface area contributed by atoms with E-state index in [1.54, 1.807) is 12.1 Å². The van der Waals surface area contributed by atoms with E-state index in [1.165, 1.54) is 4.31 Å². The van der Waals surface area contributed by atoms with Crippen LogP contribution in [-0.4, -0.2) is 31.7 Å². The molecule has 1 aliphatic rings. The van der Waals surface area contributed by atoms with Crippen molar-refractivity contribution < 1.29 is 13.2 Å². The maximum absolute atomic E-state index is 12.6. The highest BCUT2D eigenvalue weighted by atomic mass is 32.2. The predicted molar refractivity (Wildman–Crippen MR) is 85.7 cm³/mol. The molecule has 0 aliphatic carbocycles. The number of benzene rings is 1. The van der Waals surface area contributed by atoms with Gasteiger partial charge in [-0.1, -0.05) is 25.5 Å². The molecular weight excluding hydrogens is 300 g/mol. The summed E-state index contributed by atoms with van der Waals surface area (Å²) in [6.07, 6.45) is 4.20. The molecule has 0 atom stereocenters. The Hall–Kier alpha value is -1.40. The first-order valence-electron chi connectivity index (χ1n) is 7.83. The highest BCUT2D eigenvalue weighted by molar-refractivity contribution is 7.89. The summed E-state index contributed by atoms with van der Waals surface area (Å²) in [4.78, 5) is 11.5.